The molecule has 4 nitrogen and oxygen atoms in total. The molecule has 0 radical (unpaired) electrons. The van der Waals surface area contributed by atoms with Crippen molar-refractivity contribution in [2.75, 3.05) is 6.54 Å². The van der Waals surface area contributed by atoms with Crippen LogP contribution in [0.3, 0.4) is 0 Å². The molecule has 0 atom stereocenters. The molecule has 0 aliphatic rings. The second-order valence-corrected chi connectivity index (χ2v) is 5.42. The molecule has 6 heteroatoms. The first-order valence-corrected chi connectivity index (χ1v) is 7.84. The molecule has 2 N–H and O–H groups in total. The van der Waals surface area contributed by atoms with Gasteiger partial charge in [-0.1, -0.05) is 35.9 Å². The maximum Gasteiger partial charge on any atom is 0.191 e. The zero-order valence-corrected chi connectivity index (χ0v) is 16.5. The molecular weight excluding hydrogens is 435 g/mol. The third-order valence-electron chi connectivity index (χ3n) is 3.22. The maximum atomic E-state index is 8.81. The lowest BCUT2D eigenvalue weighted by molar-refractivity contribution is 0.816. The Morgan fingerprint density at radius 2 is 1.67 bits per heavy atom. The van der Waals surface area contributed by atoms with Crippen molar-refractivity contribution in [3.05, 3.63) is 70.2 Å². The Kier molecular flexibility index (Phi) is 9.20. The summed E-state index contributed by atoms with van der Waals surface area (Å²) in [6.45, 7) is 4.05. The lowest BCUT2D eigenvalue weighted by atomic mass is 10.1. The number of nitrogens with zero attached hydrogens (tertiary/aromatic N) is 2. The van der Waals surface area contributed by atoms with E-state index in [2.05, 4.69) is 21.7 Å². The smallest absolute Gasteiger partial charge is 0.191 e. The fourth-order valence-electron chi connectivity index (χ4n) is 1.98. The number of nitriles is 1. The third kappa shape index (κ3) is 6.77. The quantitative estimate of drug-likeness (QED) is 0.406. The first-order chi connectivity index (χ1) is 11.2. The predicted molar refractivity (Wildman–Crippen MR) is 110 cm³/mol. The van der Waals surface area contributed by atoms with Crippen LogP contribution in [-0.4, -0.2) is 12.5 Å². The van der Waals surface area contributed by atoms with Crippen LogP contribution in [-0.2, 0) is 13.1 Å². The minimum absolute atomic E-state index is 0. The van der Waals surface area contributed by atoms with E-state index >= 15 is 0 Å². The highest BCUT2D eigenvalue weighted by atomic mass is 127. The van der Waals surface area contributed by atoms with E-state index in [1.165, 1.54) is 0 Å². The Morgan fingerprint density at radius 3 is 2.25 bits per heavy atom. The van der Waals surface area contributed by atoms with E-state index in [-0.39, 0.29) is 24.0 Å². The summed E-state index contributed by atoms with van der Waals surface area (Å²) in [6.07, 6.45) is 0. The summed E-state index contributed by atoms with van der Waals surface area (Å²) in [5.41, 5.74) is 2.86. The average Bonchev–Trinajstić information content (AvgIpc) is 2.59. The molecule has 2 rings (SSSR count). The van der Waals surface area contributed by atoms with Crippen LogP contribution in [0.15, 0.2) is 53.5 Å². The normalized spacial score (nSPS) is 10.5. The number of nitrogens with one attached hydrogen (secondary N) is 2. The van der Waals surface area contributed by atoms with Gasteiger partial charge in [-0.25, -0.2) is 4.99 Å². The molecule has 0 spiro atoms. The van der Waals surface area contributed by atoms with Gasteiger partial charge in [0, 0.05) is 18.1 Å². The summed E-state index contributed by atoms with van der Waals surface area (Å²) >= 11 is 5.89. The van der Waals surface area contributed by atoms with Crippen molar-refractivity contribution in [2.45, 2.75) is 20.0 Å². The van der Waals surface area contributed by atoms with Crippen molar-refractivity contribution in [3.63, 3.8) is 0 Å². The molecular formula is C18H20ClIN4. The van der Waals surface area contributed by atoms with Crippen LogP contribution >= 0.6 is 35.6 Å². The van der Waals surface area contributed by atoms with Crippen molar-refractivity contribution in [1.29, 1.82) is 5.26 Å². The number of guanidine groups is 1. The van der Waals surface area contributed by atoms with Gasteiger partial charge in [0.1, 0.15) is 0 Å². The number of halogens is 2. The van der Waals surface area contributed by atoms with Gasteiger partial charge >= 0.3 is 0 Å². The highest BCUT2D eigenvalue weighted by Gasteiger charge is 1.99. The second-order valence-electron chi connectivity index (χ2n) is 4.98. The molecule has 0 aliphatic heterocycles. The first-order valence-electron chi connectivity index (χ1n) is 7.47. The Morgan fingerprint density at radius 1 is 1.04 bits per heavy atom. The number of rotatable bonds is 5. The Bertz CT molecular complexity index is 690. The van der Waals surface area contributed by atoms with Crippen LogP contribution in [0.1, 0.15) is 23.6 Å². The molecule has 0 aliphatic carbocycles. The monoisotopic (exact) mass is 454 g/mol. The highest BCUT2D eigenvalue weighted by molar-refractivity contribution is 14.0. The number of hydrogen-bond acceptors (Lipinski definition) is 2. The van der Waals surface area contributed by atoms with Gasteiger partial charge in [0.05, 0.1) is 18.2 Å². The standard InChI is InChI=1S/C18H19ClN4.HI/c1-2-21-18(23-13-16-7-9-17(19)10-8-16)22-12-15-5-3-14(11-20)4-6-15;/h3-10H,2,12-13H2,1H3,(H2,21,22,23);1H. The third-order valence-corrected chi connectivity index (χ3v) is 3.47. The number of benzene rings is 2. The zero-order valence-electron chi connectivity index (χ0n) is 13.4. The van der Waals surface area contributed by atoms with Gasteiger partial charge in [-0.05, 0) is 42.3 Å². The summed E-state index contributed by atoms with van der Waals surface area (Å²) in [5, 5.41) is 16.0. The molecule has 0 heterocycles. The lowest BCUT2D eigenvalue weighted by Crippen LogP contribution is -2.36. The van der Waals surface area contributed by atoms with E-state index in [1.807, 2.05) is 43.3 Å². The van der Waals surface area contributed by atoms with Crippen molar-refractivity contribution >= 4 is 41.5 Å². The van der Waals surface area contributed by atoms with Crippen LogP contribution in [0.5, 0.6) is 0 Å². The molecule has 0 amide bonds. The van der Waals surface area contributed by atoms with Gasteiger partial charge in [-0.15, -0.1) is 24.0 Å². The molecule has 2 aromatic carbocycles. The highest BCUT2D eigenvalue weighted by Crippen LogP contribution is 2.09. The SMILES string of the molecule is CCNC(=NCc1ccc(C#N)cc1)NCc1ccc(Cl)cc1.I. The van der Waals surface area contributed by atoms with Gasteiger partial charge < -0.3 is 10.6 Å². The lowest BCUT2D eigenvalue weighted by Gasteiger charge is -2.11. The molecule has 24 heavy (non-hydrogen) atoms. The molecule has 0 bridgehead atoms. The minimum Gasteiger partial charge on any atom is -0.357 e. The molecule has 0 saturated carbocycles. The van der Waals surface area contributed by atoms with E-state index in [1.54, 1.807) is 12.1 Å². The van der Waals surface area contributed by atoms with Crippen molar-refractivity contribution in [3.8, 4) is 6.07 Å². The summed E-state index contributed by atoms with van der Waals surface area (Å²) < 4.78 is 0. The van der Waals surface area contributed by atoms with Crippen LogP contribution in [0.25, 0.3) is 0 Å². The molecule has 2 aromatic rings. The van der Waals surface area contributed by atoms with Crippen LogP contribution in [0, 0.1) is 11.3 Å². The van der Waals surface area contributed by atoms with Gasteiger partial charge in [0.25, 0.3) is 0 Å². The Balaban J connectivity index is 0.00000288. The van der Waals surface area contributed by atoms with E-state index in [9.17, 15) is 0 Å². The topological polar surface area (TPSA) is 60.2 Å². The summed E-state index contributed by atoms with van der Waals surface area (Å²) in [6, 6.07) is 17.3. The molecule has 0 saturated heterocycles. The Labute approximate surface area is 165 Å². The molecule has 0 fully saturated rings. The molecule has 0 aromatic heterocycles. The van der Waals surface area contributed by atoms with Crippen LogP contribution in [0.2, 0.25) is 5.02 Å². The van der Waals surface area contributed by atoms with Crippen LogP contribution < -0.4 is 10.6 Å². The fraction of sp³-hybridized carbons (Fsp3) is 0.222. The summed E-state index contributed by atoms with van der Waals surface area (Å²) in [7, 11) is 0. The zero-order chi connectivity index (χ0) is 16.5. The van der Waals surface area contributed by atoms with Gasteiger partial charge in [-0.3, -0.25) is 0 Å². The summed E-state index contributed by atoms with van der Waals surface area (Å²) in [4.78, 5) is 4.56. The van der Waals surface area contributed by atoms with E-state index < -0.39 is 0 Å². The van der Waals surface area contributed by atoms with Gasteiger partial charge in [0.2, 0.25) is 0 Å². The minimum atomic E-state index is 0. The number of hydrogen-bond donors (Lipinski definition) is 2. The summed E-state index contributed by atoms with van der Waals surface area (Å²) in [5.74, 6) is 0.756. The average molecular weight is 455 g/mol. The van der Waals surface area contributed by atoms with Crippen LogP contribution in [0.4, 0.5) is 0 Å². The van der Waals surface area contributed by atoms with Crippen molar-refractivity contribution in [2.24, 2.45) is 4.99 Å². The van der Waals surface area contributed by atoms with Crippen molar-refractivity contribution in [1.82, 2.24) is 10.6 Å². The second kappa shape index (κ2) is 10.9. The van der Waals surface area contributed by atoms with Gasteiger partial charge in [-0.2, -0.15) is 5.26 Å². The number of aliphatic imine (C=N–C) groups is 1. The fourth-order valence-corrected chi connectivity index (χ4v) is 2.11. The largest absolute Gasteiger partial charge is 0.357 e. The maximum absolute atomic E-state index is 8.81. The predicted octanol–water partition coefficient (Wildman–Crippen LogP) is 4.08. The van der Waals surface area contributed by atoms with E-state index in [0.717, 1.165) is 28.7 Å². The van der Waals surface area contributed by atoms with Gasteiger partial charge in [0.15, 0.2) is 5.96 Å². The molecule has 0 unspecified atom stereocenters. The first kappa shape index (κ1) is 20.3. The van der Waals surface area contributed by atoms with E-state index in [0.29, 0.717) is 18.7 Å². The van der Waals surface area contributed by atoms with E-state index in [4.69, 9.17) is 16.9 Å². The Hall–Kier alpha value is -1.78. The van der Waals surface area contributed by atoms with Crippen molar-refractivity contribution < 1.29 is 0 Å². The molecule has 126 valence electrons.